The fraction of sp³-hybridized carbons (Fsp3) is 0.118. The maximum absolute atomic E-state index is 12.1. The number of aromatic nitrogens is 2. The SMILES string of the molecule is C/C(=N/NC(=O)c1cc(-c2ccc(C)o2)[nH]n1)c1ccccc1O. The molecule has 0 radical (unpaired) electrons. The lowest BCUT2D eigenvalue weighted by Gasteiger charge is -2.03. The normalized spacial score (nSPS) is 11.5. The van der Waals surface area contributed by atoms with E-state index in [0.717, 1.165) is 5.76 Å². The summed E-state index contributed by atoms with van der Waals surface area (Å²) in [6.07, 6.45) is 0. The molecule has 0 spiro atoms. The van der Waals surface area contributed by atoms with E-state index in [1.54, 1.807) is 43.3 Å². The second-order valence-electron chi connectivity index (χ2n) is 5.23. The molecule has 0 aliphatic rings. The fourth-order valence-corrected chi connectivity index (χ4v) is 2.18. The molecule has 7 heteroatoms. The molecule has 3 rings (SSSR count). The first kappa shape index (κ1) is 15.5. The summed E-state index contributed by atoms with van der Waals surface area (Å²) in [7, 11) is 0. The van der Waals surface area contributed by atoms with E-state index in [0.29, 0.717) is 22.7 Å². The van der Waals surface area contributed by atoms with Crippen LogP contribution in [0.2, 0.25) is 0 Å². The van der Waals surface area contributed by atoms with E-state index in [1.807, 2.05) is 13.0 Å². The average Bonchev–Trinajstić information content (AvgIpc) is 3.21. The number of phenolic OH excluding ortho intramolecular Hbond substituents is 1. The van der Waals surface area contributed by atoms with Crippen LogP contribution >= 0.6 is 0 Å². The van der Waals surface area contributed by atoms with Crippen molar-refractivity contribution >= 4 is 11.6 Å². The molecule has 0 aliphatic carbocycles. The third-order valence-electron chi connectivity index (χ3n) is 3.44. The molecular weight excluding hydrogens is 308 g/mol. The highest BCUT2D eigenvalue weighted by atomic mass is 16.3. The van der Waals surface area contributed by atoms with Crippen LogP contribution in [0.3, 0.4) is 0 Å². The predicted octanol–water partition coefficient (Wildman–Crippen LogP) is 2.84. The van der Waals surface area contributed by atoms with Gasteiger partial charge in [-0.1, -0.05) is 12.1 Å². The number of carbonyl (C=O) groups is 1. The number of para-hydroxylation sites is 1. The quantitative estimate of drug-likeness (QED) is 0.507. The van der Waals surface area contributed by atoms with Crippen molar-refractivity contribution in [3.63, 3.8) is 0 Å². The Morgan fingerprint density at radius 1 is 1.29 bits per heavy atom. The number of carbonyl (C=O) groups excluding carboxylic acids is 1. The molecule has 0 saturated heterocycles. The van der Waals surface area contributed by atoms with E-state index in [2.05, 4.69) is 20.7 Å². The van der Waals surface area contributed by atoms with Crippen LogP contribution in [0.25, 0.3) is 11.5 Å². The van der Waals surface area contributed by atoms with E-state index in [4.69, 9.17) is 4.42 Å². The van der Waals surface area contributed by atoms with Crippen LogP contribution in [0.1, 0.15) is 28.7 Å². The largest absolute Gasteiger partial charge is 0.507 e. The van der Waals surface area contributed by atoms with E-state index >= 15 is 0 Å². The molecule has 122 valence electrons. The van der Waals surface area contributed by atoms with Crippen molar-refractivity contribution in [3.8, 4) is 17.2 Å². The van der Waals surface area contributed by atoms with Gasteiger partial charge in [0.1, 0.15) is 17.2 Å². The van der Waals surface area contributed by atoms with E-state index in [1.165, 1.54) is 0 Å². The highest BCUT2D eigenvalue weighted by molar-refractivity contribution is 6.02. The standard InChI is InChI=1S/C17H16N4O3/c1-10-7-8-16(24-10)13-9-14(20-19-13)17(23)21-18-11(2)12-5-3-4-6-15(12)22/h3-9,22H,1-2H3,(H,19,20)(H,21,23)/b18-11-. The van der Waals surface area contributed by atoms with Crippen LogP contribution in [0.4, 0.5) is 0 Å². The maximum atomic E-state index is 12.1. The Labute approximate surface area is 138 Å². The minimum absolute atomic E-state index is 0.100. The summed E-state index contributed by atoms with van der Waals surface area (Å²) in [5.74, 6) is 1.01. The maximum Gasteiger partial charge on any atom is 0.291 e. The Hall–Kier alpha value is -3.35. The van der Waals surface area contributed by atoms with Gasteiger partial charge in [-0.3, -0.25) is 9.89 Å². The topological polar surface area (TPSA) is 104 Å². The van der Waals surface area contributed by atoms with Crippen molar-refractivity contribution in [3.05, 3.63) is 59.5 Å². The molecule has 3 N–H and O–H groups in total. The third-order valence-corrected chi connectivity index (χ3v) is 3.44. The second-order valence-corrected chi connectivity index (χ2v) is 5.23. The lowest BCUT2D eigenvalue weighted by molar-refractivity contribution is 0.0950. The number of rotatable bonds is 4. The molecule has 1 aromatic carbocycles. The van der Waals surface area contributed by atoms with E-state index in [9.17, 15) is 9.90 Å². The Kier molecular flexibility index (Phi) is 4.15. The van der Waals surface area contributed by atoms with Crippen molar-refractivity contribution in [1.82, 2.24) is 15.6 Å². The van der Waals surface area contributed by atoms with Gasteiger partial charge in [-0.15, -0.1) is 0 Å². The number of hydrazone groups is 1. The van der Waals surface area contributed by atoms with Crippen LogP contribution in [0.5, 0.6) is 5.75 Å². The first-order valence-electron chi connectivity index (χ1n) is 7.30. The molecule has 3 aromatic rings. The Morgan fingerprint density at radius 3 is 2.79 bits per heavy atom. The monoisotopic (exact) mass is 324 g/mol. The summed E-state index contributed by atoms with van der Waals surface area (Å²) in [5.41, 5.74) is 4.25. The lowest BCUT2D eigenvalue weighted by Crippen LogP contribution is -2.19. The van der Waals surface area contributed by atoms with Gasteiger partial charge in [0, 0.05) is 11.6 Å². The molecular formula is C17H16N4O3. The zero-order chi connectivity index (χ0) is 17.1. The number of nitrogens with one attached hydrogen (secondary N) is 2. The molecule has 0 atom stereocenters. The van der Waals surface area contributed by atoms with Gasteiger partial charge in [-0.25, -0.2) is 5.43 Å². The number of furan rings is 1. The molecule has 0 bridgehead atoms. The van der Waals surface area contributed by atoms with Gasteiger partial charge in [0.05, 0.1) is 5.71 Å². The molecule has 0 aliphatic heterocycles. The van der Waals surface area contributed by atoms with Gasteiger partial charge in [-0.05, 0) is 38.1 Å². The highest BCUT2D eigenvalue weighted by Gasteiger charge is 2.13. The number of aromatic hydroxyl groups is 1. The summed E-state index contributed by atoms with van der Waals surface area (Å²) in [6.45, 7) is 3.53. The molecule has 0 fully saturated rings. The number of nitrogens with zero attached hydrogens (tertiary/aromatic N) is 2. The number of aromatic amines is 1. The summed E-state index contributed by atoms with van der Waals surface area (Å²) in [4.78, 5) is 12.1. The van der Waals surface area contributed by atoms with E-state index < -0.39 is 5.91 Å². The van der Waals surface area contributed by atoms with Crippen LogP contribution in [0, 0.1) is 6.92 Å². The van der Waals surface area contributed by atoms with Crippen molar-refractivity contribution in [2.24, 2.45) is 5.10 Å². The van der Waals surface area contributed by atoms with Gasteiger partial charge in [0.25, 0.3) is 5.91 Å². The molecule has 1 amide bonds. The van der Waals surface area contributed by atoms with Crippen molar-refractivity contribution < 1.29 is 14.3 Å². The summed E-state index contributed by atoms with van der Waals surface area (Å²) in [5, 5.41) is 20.5. The third kappa shape index (κ3) is 3.19. The second kappa shape index (κ2) is 6.41. The summed E-state index contributed by atoms with van der Waals surface area (Å²) in [6, 6.07) is 12.0. The number of H-pyrrole nitrogens is 1. The number of amides is 1. The van der Waals surface area contributed by atoms with Gasteiger partial charge >= 0.3 is 0 Å². The zero-order valence-corrected chi connectivity index (χ0v) is 13.2. The van der Waals surface area contributed by atoms with Gasteiger partial charge in [-0.2, -0.15) is 10.2 Å². The number of benzene rings is 1. The summed E-state index contributed by atoms with van der Waals surface area (Å²) >= 11 is 0. The summed E-state index contributed by atoms with van der Waals surface area (Å²) < 4.78 is 5.47. The minimum Gasteiger partial charge on any atom is -0.507 e. The number of phenols is 1. The van der Waals surface area contributed by atoms with Crippen LogP contribution in [-0.4, -0.2) is 26.9 Å². The smallest absolute Gasteiger partial charge is 0.291 e. The van der Waals surface area contributed by atoms with E-state index in [-0.39, 0.29) is 11.4 Å². The van der Waals surface area contributed by atoms with Crippen LogP contribution in [0.15, 0.2) is 52.0 Å². The molecule has 0 saturated carbocycles. The van der Waals surface area contributed by atoms with Gasteiger partial charge in [0.15, 0.2) is 11.5 Å². The Bertz CT molecular complexity index is 908. The van der Waals surface area contributed by atoms with Crippen LogP contribution < -0.4 is 5.43 Å². The molecule has 7 nitrogen and oxygen atoms in total. The average molecular weight is 324 g/mol. The number of hydrogen-bond donors (Lipinski definition) is 3. The fourth-order valence-electron chi connectivity index (χ4n) is 2.18. The molecule has 0 unspecified atom stereocenters. The van der Waals surface area contributed by atoms with Crippen molar-refractivity contribution in [1.29, 1.82) is 0 Å². The molecule has 2 heterocycles. The van der Waals surface area contributed by atoms with Gasteiger partial charge in [0.2, 0.25) is 0 Å². The lowest BCUT2D eigenvalue weighted by atomic mass is 10.1. The number of hydrogen-bond acceptors (Lipinski definition) is 5. The zero-order valence-electron chi connectivity index (χ0n) is 13.2. The molecule has 2 aromatic heterocycles. The highest BCUT2D eigenvalue weighted by Crippen LogP contribution is 2.20. The van der Waals surface area contributed by atoms with Crippen molar-refractivity contribution in [2.45, 2.75) is 13.8 Å². The minimum atomic E-state index is -0.462. The van der Waals surface area contributed by atoms with Gasteiger partial charge < -0.3 is 9.52 Å². The Balaban J connectivity index is 1.73. The van der Waals surface area contributed by atoms with Crippen molar-refractivity contribution in [2.75, 3.05) is 0 Å². The molecule has 24 heavy (non-hydrogen) atoms. The first-order valence-corrected chi connectivity index (χ1v) is 7.30. The number of aryl methyl sites for hydroxylation is 1. The van der Waals surface area contributed by atoms with Crippen LogP contribution in [-0.2, 0) is 0 Å². The first-order chi connectivity index (χ1) is 11.5. The Morgan fingerprint density at radius 2 is 2.08 bits per heavy atom. The predicted molar refractivity (Wildman–Crippen MR) is 88.8 cm³/mol.